The van der Waals surface area contributed by atoms with Gasteiger partial charge in [0.05, 0.1) is 17.1 Å². The molecule has 1 aliphatic rings. The molecule has 0 aliphatic carbocycles. The molecule has 0 bridgehead atoms. The Morgan fingerprint density at radius 1 is 1.24 bits per heavy atom. The summed E-state index contributed by atoms with van der Waals surface area (Å²) in [7, 11) is -3.67. The predicted octanol–water partition coefficient (Wildman–Crippen LogP) is 1.70. The quantitative estimate of drug-likeness (QED) is 0.876. The van der Waals surface area contributed by atoms with Gasteiger partial charge in [0.25, 0.3) is 0 Å². The van der Waals surface area contributed by atoms with Gasteiger partial charge >= 0.3 is 0 Å². The number of nitrogens with one attached hydrogen (secondary N) is 1. The molecular formula is C17H20N4O3S. The molecule has 1 aromatic heterocycles. The van der Waals surface area contributed by atoms with Gasteiger partial charge in [0.2, 0.25) is 15.9 Å². The largest absolute Gasteiger partial charge is 0.312 e. The minimum Gasteiger partial charge on any atom is -0.312 e. The Morgan fingerprint density at radius 3 is 2.68 bits per heavy atom. The second-order valence-electron chi connectivity index (χ2n) is 6.02. The van der Waals surface area contributed by atoms with Crippen LogP contribution in [0, 0.1) is 13.8 Å². The molecular weight excluding hydrogens is 340 g/mol. The van der Waals surface area contributed by atoms with E-state index in [2.05, 4.69) is 14.7 Å². The molecule has 1 amide bonds. The number of rotatable bonds is 5. The van der Waals surface area contributed by atoms with Crippen LogP contribution in [0.25, 0.3) is 0 Å². The van der Waals surface area contributed by atoms with Gasteiger partial charge in [-0.05, 0) is 50.1 Å². The van der Waals surface area contributed by atoms with Crippen LogP contribution in [0.15, 0.2) is 35.4 Å². The number of aromatic nitrogens is 2. The lowest BCUT2D eigenvalue weighted by molar-refractivity contribution is -0.117. The summed E-state index contributed by atoms with van der Waals surface area (Å²) >= 11 is 0. The van der Waals surface area contributed by atoms with Crippen LogP contribution in [0.3, 0.4) is 0 Å². The lowest BCUT2D eigenvalue weighted by Crippen LogP contribution is -2.26. The first-order valence-electron chi connectivity index (χ1n) is 8.06. The van der Waals surface area contributed by atoms with Crippen molar-refractivity contribution in [1.82, 2.24) is 14.7 Å². The molecule has 0 saturated carbocycles. The third-order valence-electron chi connectivity index (χ3n) is 4.11. The van der Waals surface area contributed by atoms with Crippen molar-refractivity contribution in [2.45, 2.75) is 38.1 Å². The van der Waals surface area contributed by atoms with Crippen LogP contribution in [0.1, 0.15) is 29.9 Å². The van der Waals surface area contributed by atoms with Crippen molar-refractivity contribution in [2.75, 3.05) is 11.4 Å². The van der Waals surface area contributed by atoms with E-state index in [-0.39, 0.29) is 17.3 Å². The van der Waals surface area contributed by atoms with Gasteiger partial charge in [-0.3, -0.25) is 4.79 Å². The van der Waals surface area contributed by atoms with Gasteiger partial charge in [0, 0.05) is 24.8 Å². The summed E-state index contributed by atoms with van der Waals surface area (Å²) in [6, 6.07) is 6.64. The normalized spacial score (nSPS) is 15.0. The van der Waals surface area contributed by atoms with E-state index < -0.39 is 10.0 Å². The lowest BCUT2D eigenvalue weighted by Gasteiger charge is -2.17. The van der Waals surface area contributed by atoms with Gasteiger partial charge in [-0.2, -0.15) is 0 Å². The molecule has 1 N–H and O–H groups in total. The molecule has 1 fully saturated rings. The first-order valence-corrected chi connectivity index (χ1v) is 9.54. The number of amides is 1. The third-order valence-corrected chi connectivity index (χ3v) is 5.67. The predicted molar refractivity (Wildman–Crippen MR) is 93.6 cm³/mol. The van der Waals surface area contributed by atoms with Crippen molar-refractivity contribution in [1.29, 1.82) is 0 Å². The SMILES string of the molecule is Cc1nccc(CNS(=O)(=O)c2ccc(N3CCCC3=O)cc2C)n1. The number of aryl methyl sites for hydroxylation is 2. The number of sulfonamides is 1. The van der Waals surface area contributed by atoms with Gasteiger partial charge in [0.15, 0.2) is 0 Å². The zero-order chi connectivity index (χ0) is 18.0. The van der Waals surface area contributed by atoms with Crippen molar-refractivity contribution < 1.29 is 13.2 Å². The van der Waals surface area contributed by atoms with Crippen molar-refractivity contribution in [3.8, 4) is 0 Å². The third kappa shape index (κ3) is 3.85. The summed E-state index contributed by atoms with van der Waals surface area (Å²) in [6.45, 7) is 4.25. The smallest absolute Gasteiger partial charge is 0.241 e. The highest BCUT2D eigenvalue weighted by atomic mass is 32.2. The van der Waals surface area contributed by atoms with E-state index in [0.29, 0.717) is 30.0 Å². The van der Waals surface area contributed by atoms with E-state index >= 15 is 0 Å². The monoisotopic (exact) mass is 360 g/mol. The average molecular weight is 360 g/mol. The highest BCUT2D eigenvalue weighted by Gasteiger charge is 2.23. The van der Waals surface area contributed by atoms with Gasteiger partial charge in [-0.1, -0.05) is 0 Å². The first kappa shape index (κ1) is 17.5. The Morgan fingerprint density at radius 2 is 2.04 bits per heavy atom. The molecule has 0 unspecified atom stereocenters. The average Bonchev–Trinajstić information content (AvgIpc) is 2.99. The number of carbonyl (C=O) groups is 1. The molecule has 1 aliphatic heterocycles. The zero-order valence-electron chi connectivity index (χ0n) is 14.2. The van der Waals surface area contributed by atoms with Gasteiger partial charge < -0.3 is 4.90 Å². The number of hydrogen-bond acceptors (Lipinski definition) is 5. The number of carbonyl (C=O) groups excluding carboxylic acids is 1. The minimum atomic E-state index is -3.67. The summed E-state index contributed by atoms with van der Waals surface area (Å²) in [4.78, 5) is 21.9. The molecule has 0 spiro atoms. The summed E-state index contributed by atoms with van der Waals surface area (Å²) in [5, 5.41) is 0. The fraction of sp³-hybridized carbons (Fsp3) is 0.353. The molecule has 0 radical (unpaired) electrons. The fourth-order valence-corrected chi connectivity index (χ4v) is 4.10. The highest BCUT2D eigenvalue weighted by molar-refractivity contribution is 7.89. The Labute approximate surface area is 147 Å². The van der Waals surface area contributed by atoms with Crippen LogP contribution in [-0.4, -0.2) is 30.8 Å². The van der Waals surface area contributed by atoms with Gasteiger partial charge in [-0.15, -0.1) is 0 Å². The lowest BCUT2D eigenvalue weighted by atomic mass is 10.2. The fourth-order valence-electron chi connectivity index (χ4n) is 2.87. The standard InChI is InChI=1S/C17H20N4O3S/c1-12-10-15(21-9-3-4-17(21)22)5-6-16(12)25(23,24)19-11-14-7-8-18-13(2)20-14/h5-8,10,19H,3-4,9,11H2,1-2H3. The summed E-state index contributed by atoms with van der Waals surface area (Å²) in [5.41, 5.74) is 1.95. The maximum absolute atomic E-state index is 12.6. The van der Waals surface area contributed by atoms with E-state index in [0.717, 1.165) is 12.1 Å². The van der Waals surface area contributed by atoms with Crippen molar-refractivity contribution in [3.05, 3.63) is 47.5 Å². The van der Waals surface area contributed by atoms with Gasteiger partial charge in [0.1, 0.15) is 5.82 Å². The maximum atomic E-state index is 12.6. The zero-order valence-corrected chi connectivity index (χ0v) is 15.0. The molecule has 25 heavy (non-hydrogen) atoms. The highest BCUT2D eigenvalue weighted by Crippen LogP contribution is 2.26. The topological polar surface area (TPSA) is 92.3 Å². The summed E-state index contributed by atoms with van der Waals surface area (Å²) in [5.74, 6) is 0.666. The van der Waals surface area contributed by atoms with E-state index in [1.54, 1.807) is 49.2 Å². The molecule has 132 valence electrons. The Balaban J connectivity index is 1.79. The molecule has 0 atom stereocenters. The Kier molecular flexibility index (Phi) is 4.82. The van der Waals surface area contributed by atoms with Crippen molar-refractivity contribution in [2.24, 2.45) is 0 Å². The van der Waals surface area contributed by atoms with E-state index in [4.69, 9.17) is 0 Å². The number of benzene rings is 1. The Bertz CT molecular complexity index is 912. The molecule has 1 saturated heterocycles. The van der Waals surface area contributed by atoms with E-state index in [9.17, 15) is 13.2 Å². The molecule has 1 aromatic carbocycles. The van der Waals surface area contributed by atoms with Gasteiger partial charge in [-0.25, -0.2) is 23.1 Å². The number of anilines is 1. The van der Waals surface area contributed by atoms with Crippen LogP contribution in [0.2, 0.25) is 0 Å². The minimum absolute atomic E-state index is 0.0762. The first-order chi connectivity index (χ1) is 11.9. The van der Waals surface area contributed by atoms with E-state index in [1.807, 2.05) is 0 Å². The summed E-state index contributed by atoms with van der Waals surface area (Å²) in [6.07, 6.45) is 2.97. The summed E-state index contributed by atoms with van der Waals surface area (Å²) < 4.78 is 27.7. The van der Waals surface area contributed by atoms with E-state index in [1.165, 1.54) is 0 Å². The molecule has 8 heteroatoms. The molecule has 3 rings (SSSR count). The second kappa shape index (κ2) is 6.89. The van der Waals surface area contributed by atoms with Crippen LogP contribution in [0.5, 0.6) is 0 Å². The molecule has 7 nitrogen and oxygen atoms in total. The number of nitrogens with zero attached hydrogens (tertiary/aromatic N) is 3. The van der Waals surface area contributed by atoms with Crippen LogP contribution >= 0.6 is 0 Å². The molecule has 2 heterocycles. The van der Waals surface area contributed by atoms with Crippen LogP contribution in [-0.2, 0) is 21.4 Å². The number of hydrogen-bond donors (Lipinski definition) is 1. The van der Waals surface area contributed by atoms with Crippen LogP contribution < -0.4 is 9.62 Å². The van der Waals surface area contributed by atoms with Crippen molar-refractivity contribution in [3.63, 3.8) is 0 Å². The van der Waals surface area contributed by atoms with Crippen molar-refractivity contribution >= 4 is 21.6 Å². The second-order valence-corrected chi connectivity index (χ2v) is 7.75. The van der Waals surface area contributed by atoms with Crippen LogP contribution in [0.4, 0.5) is 5.69 Å². The maximum Gasteiger partial charge on any atom is 0.241 e. The molecule has 2 aromatic rings. The Hall–Kier alpha value is -2.32.